The van der Waals surface area contributed by atoms with Crippen LogP contribution in [0.25, 0.3) is 0 Å². The number of quaternary nitrogens is 2. The second-order valence-electron chi connectivity index (χ2n) is 13.7. The van der Waals surface area contributed by atoms with E-state index in [1.807, 2.05) is 0 Å². The molecule has 1 rings (SSSR count). The average Bonchev–Trinajstić information content (AvgIpc) is 2.86. The molecule has 0 aliphatic heterocycles. The zero-order valence-corrected chi connectivity index (χ0v) is 29.8. The van der Waals surface area contributed by atoms with E-state index in [2.05, 4.69) is 79.4 Å². The molecule has 0 amide bonds. The summed E-state index contributed by atoms with van der Waals surface area (Å²) in [5.74, 6) is 0. The monoisotopic (exact) mass is 603 g/mol. The van der Waals surface area contributed by atoms with Crippen LogP contribution in [-0.2, 0) is 6.54 Å². The fraction of sp³-hybridized carbons (Fsp3) is 0.833. The molecule has 0 fully saturated rings. The third-order valence-corrected chi connectivity index (χ3v) is 7.75. The minimum Gasteiger partial charge on any atom is -1.00 e. The third-order valence-electron chi connectivity index (χ3n) is 7.75. The lowest BCUT2D eigenvalue weighted by Gasteiger charge is -2.30. The minimum absolute atomic E-state index is 0. The smallest absolute Gasteiger partial charge is 0.104 e. The lowest BCUT2D eigenvalue weighted by molar-refractivity contribution is -0.903. The predicted molar refractivity (Wildman–Crippen MR) is 174 cm³/mol. The van der Waals surface area contributed by atoms with Crippen LogP contribution < -0.4 is 24.8 Å². The summed E-state index contributed by atoms with van der Waals surface area (Å²) in [6, 6.07) is 10.9. The molecule has 0 aromatic heterocycles. The van der Waals surface area contributed by atoms with E-state index in [1.165, 1.54) is 147 Å². The van der Waals surface area contributed by atoms with Crippen LogP contribution in [0.3, 0.4) is 0 Å². The van der Waals surface area contributed by atoms with Gasteiger partial charge in [0, 0.05) is 5.56 Å². The molecular weight excluding hydrogens is 531 g/mol. The van der Waals surface area contributed by atoms with Crippen LogP contribution in [0.15, 0.2) is 30.3 Å². The zero-order chi connectivity index (χ0) is 28.4. The molecule has 0 saturated carbocycles. The maximum atomic E-state index is 2.36. The number of benzene rings is 1. The van der Waals surface area contributed by atoms with Gasteiger partial charge in [-0.25, -0.2) is 0 Å². The molecule has 1 aromatic rings. The second-order valence-corrected chi connectivity index (χ2v) is 13.7. The number of unbranched alkanes of at least 4 members (excludes halogenated alkanes) is 18. The molecule has 0 heterocycles. The van der Waals surface area contributed by atoms with Gasteiger partial charge in [-0.1, -0.05) is 147 Å². The van der Waals surface area contributed by atoms with Crippen molar-refractivity contribution >= 4 is 0 Å². The molecule has 4 heteroatoms. The van der Waals surface area contributed by atoms with Gasteiger partial charge >= 0.3 is 0 Å². The SMILES string of the molecule is CCCCCCCCCCCC[N+](C)(C)C.CCCCCCCCCCCC[N+](C)(C)Cc1ccccc1.[Cl-].[Cl-]. The van der Waals surface area contributed by atoms with Crippen molar-refractivity contribution in [2.45, 2.75) is 149 Å². The Labute approximate surface area is 266 Å². The largest absolute Gasteiger partial charge is 1.00 e. The molecule has 0 radical (unpaired) electrons. The summed E-state index contributed by atoms with van der Waals surface area (Å²) in [4.78, 5) is 0. The first-order chi connectivity index (χ1) is 18.2. The van der Waals surface area contributed by atoms with Gasteiger partial charge in [-0.05, 0) is 25.7 Å². The van der Waals surface area contributed by atoms with Gasteiger partial charge in [0.1, 0.15) is 6.54 Å². The van der Waals surface area contributed by atoms with Crippen molar-refractivity contribution < 1.29 is 33.8 Å². The Hall–Kier alpha value is -0.280. The van der Waals surface area contributed by atoms with Crippen molar-refractivity contribution in [1.29, 1.82) is 0 Å². The lowest BCUT2D eigenvalue weighted by atomic mass is 10.1. The zero-order valence-electron chi connectivity index (χ0n) is 28.3. The Balaban J connectivity index is -0.000000683. The van der Waals surface area contributed by atoms with Crippen molar-refractivity contribution in [2.24, 2.45) is 0 Å². The van der Waals surface area contributed by atoms with Crippen LogP contribution >= 0.6 is 0 Å². The van der Waals surface area contributed by atoms with Crippen molar-refractivity contribution in [3.8, 4) is 0 Å². The Morgan fingerprint density at radius 2 is 0.750 bits per heavy atom. The van der Waals surface area contributed by atoms with E-state index in [4.69, 9.17) is 0 Å². The second kappa shape index (κ2) is 30.2. The van der Waals surface area contributed by atoms with Gasteiger partial charge in [-0.15, -0.1) is 0 Å². The van der Waals surface area contributed by atoms with Gasteiger partial charge in [0.15, 0.2) is 0 Å². The van der Waals surface area contributed by atoms with Crippen molar-refractivity contribution in [1.82, 2.24) is 0 Å². The summed E-state index contributed by atoms with van der Waals surface area (Å²) in [7, 11) is 11.6. The van der Waals surface area contributed by atoms with Crippen molar-refractivity contribution in [3.63, 3.8) is 0 Å². The molecule has 0 atom stereocenters. The maximum Gasteiger partial charge on any atom is 0.104 e. The number of halogens is 2. The van der Waals surface area contributed by atoms with Gasteiger partial charge in [0.2, 0.25) is 0 Å². The highest BCUT2D eigenvalue weighted by Gasteiger charge is 2.14. The van der Waals surface area contributed by atoms with E-state index < -0.39 is 0 Å². The van der Waals surface area contributed by atoms with E-state index in [1.54, 1.807) is 0 Å². The van der Waals surface area contributed by atoms with E-state index >= 15 is 0 Å². The molecule has 240 valence electrons. The molecule has 0 aliphatic rings. The summed E-state index contributed by atoms with van der Waals surface area (Å²) in [6.07, 6.45) is 28.6. The molecule has 0 aliphatic carbocycles. The van der Waals surface area contributed by atoms with Crippen LogP contribution in [0.4, 0.5) is 0 Å². The molecule has 0 N–H and O–H groups in total. The van der Waals surface area contributed by atoms with Crippen LogP contribution in [0, 0.1) is 0 Å². The lowest BCUT2D eigenvalue weighted by Crippen LogP contribution is -3.00. The normalized spacial score (nSPS) is 11.3. The molecular formula is C36H72Cl2N2. The Morgan fingerprint density at radius 1 is 0.425 bits per heavy atom. The molecule has 0 unspecified atom stereocenters. The Morgan fingerprint density at radius 3 is 1.10 bits per heavy atom. The molecule has 0 bridgehead atoms. The van der Waals surface area contributed by atoms with Crippen molar-refractivity contribution in [2.75, 3.05) is 48.3 Å². The number of rotatable bonds is 24. The summed E-state index contributed by atoms with van der Waals surface area (Å²) >= 11 is 0. The molecule has 40 heavy (non-hydrogen) atoms. The quantitative estimate of drug-likeness (QED) is 0.118. The number of nitrogens with zero attached hydrogens (tertiary/aromatic N) is 2. The number of hydrogen-bond donors (Lipinski definition) is 0. The average molecular weight is 604 g/mol. The van der Waals surface area contributed by atoms with Crippen LogP contribution in [-0.4, -0.2) is 57.3 Å². The van der Waals surface area contributed by atoms with Gasteiger partial charge in [0.25, 0.3) is 0 Å². The highest BCUT2D eigenvalue weighted by Crippen LogP contribution is 2.14. The van der Waals surface area contributed by atoms with E-state index in [-0.39, 0.29) is 24.8 Å². The van der Waals surface area contributed by atoms with Gasteiger partial charge in [-0.3, -0.25) is 0 Å². The standard InChI is InChI=1S/C21H38N.C15H34N.2ClH/c1-4-5-6-7-8-9-10-11-12-16-19-22(2,3)20-21-17-14-13-15-18-21;1-5-6-7-8-9-10-11-12-13-14-15-16(2,3)4;;/h13-15,17-18H,4-12,16,19-20H2,1-3H3;5-15H2,1-4H3;2*1H/q2*+1;;/p-2. The summed E-state index contributed by atoms with van der Waals surface area (Å²) in [6.45, 7) is 8.35. The molecule has 2 nitrogen and oxygen atoms in total. The summed E-state index contributed by atoms with van der Waals surface area (Å²) in [5.41, 5.74) is 1.46. The Kier molecular flexibility index (Phi) is 33.3. The Bertz CT molecular complexity index is 599. The highest BCUT2D eigenvalue weighted by molar-refractivity contribution is 5.13. The topological polar surface area (TPSA) is 0 Å². The van der Waals surface area contributed by atoms with E-state index in [9.17, 15) is 0 Å². The number of hydrogen-bond acceptors (Lipinski definition) is 0. The first kappa shape index (κ1) is 44.2. The van der Waals surface area contributed by atoms with Crippen LogP contribution in [0.2, 0.25) is 0 Å². The van der Waals surface area contributed by atoms with E-state index in [0.29, 0.717) is 0 Å². The fourth-order valence-electron chi connectivity index (χ4n) is 5.26. The highest BCUT2D eigenvalue weighted by atomic mass is 35.5. The van der Waals surface area contributed by atoms with E-state index in [0.717, 1.165) is 15.5 Å². The summed E-state index contributed by atoms with van der Waals surface area (Å²) < 4.78 is 2.23. The first-order valence-electron chi connectivity index (χ1n) is 16.9. The predicted octanol–water partition coefficient (Wildman–Crippen LogP) is 4.81. The third kappa shape index (κ3) is 33.9. The van der Waals surface area contributed by atoms with Crippen LogP contribution in [0.5, 0.6) is 0 Å². The molecule has 0 spiro atoms. The maximum absolute atomic E-state index is 2.36. The first-order valence-corrected chi connectivity index (χ1v) is 16.9. The van der Waals surface area contributed by atoms with Crippen LogP contribution in [0.1, 0.15) is 148 Å². The summed E-state index contributed by atoms with van der Waals surface area (Å²) in [5, 5.41) is 0. The van der Waals surface area contributed by atoms with Gasteiger partial charge < -0.3 is 33.8 Å². The van der Waals surface area contributed by atoms with Crippen molar-refractivity contribution in [3.05, 3.63) is 35.9 Å². The minimum atomic E-state index is 0. The molecule has 0 saturated heterocycles. The molecule has 1 aromatic carbocycles. The van der Waals surface area contributed by atoms with Gasteiger partial charge in [0.05, 0.1) is 48.3 Å². The van der Waals surface area contributed by atoms with Gasteiger partial charge in [-0.2, -0.15) is 0 Å². The fourth-order valence-corrected chi connectivity index (χ4v) is 5.26.